The SMILES string of the molecule is CCSCc1ccc(C(=O)Nc2ccc(N3CCCCC3)cc2)cc1. The van der Waals surface area contributed by atoms with Gasteiger partial charge in [0.25, 0.3) is 5.91 Å². The van der Waals surface area contributed by atoms with Crippen LogP contribution in [0.25, 0.3) is 0 Å². The maximum Gasteiger partial charge on any atom is 0.255 e. The van der Waals surface area contributed by atoms with Crippen molar-refractivity contribution in [1.29, 1.82) is 0 Å². The van der Waals surface area contributed by atoms with Gasteiger partial charge in [-0.3, -0.25) is 4.79 Å². The van der Waals surface area contributed by atoms with Gasteiger partial charge in [0.05, 0.1) is 0 Å². The summed E-state index contributed by atoms with van der Waals surface area (Å²) in [6, 6.07) is 16.1. The van der Waals surface area contributed by atoms with Crippen LogP contribution in [0, 0.1) is 0 Å². The van der Waals surface area contributed by atoms with Crippen LogP contribution >= 0.6 is 11.8 Å². The van der Waals surface area contributed by atoms with E-state index in [1.165, 1.54) is 30.5 Å². The first kappa shape index (κ1) is 17.9. The summed E-state index contributed by atoms with van der Waals surface area (Å²) in [6.07, 6.45) is 3.87. The summed E-state index contributed by atoms with van der Waals surface area (Å²) in [5, 5.41) is 2.99. The molecule has 3 rings (SSSR count). The van der Waals surface area contributed by atoms with Crippen molar-refractivity contribution in [3.63, 3.8) is 0 Å². The van der Waals surface area contributed by atoms with E-state index in [-0.39, 0.29) is 5.91 Å². The molecule has 1 aliphatic rings. The van der Waals surface area contributed by atoms with Gasteiger partial charge in [-0.25, -0.2) is 0 Å². The number of benzene rings is 2. The monoisotopic (exact) mass is 354 g/mol. The largest absolute Gasteiger partial charge is 0.372 e. The number of hydrogen-bond acceptors (Lipinski definition) is 3. The summed E-state index contributed by atoms with van der Waals surface area (Å²) in [6.45, 7) is 4.42. The van der Waals surface area contributed by atoms with Crippen molar-refractivity contribution in [2.45, 2.75) is 31.9 Å². The van der Waals surface area contributed by atoms with E-state index >= 15 is 0 Å². The average Bonchev–Trinajstić information content (AvgIpc) is 2.68. The predicted octanol–water partition coefficient (Wildman–Crippen LogP) is 5.18. The van der Waals surface area contributed by atoms with Gasteiger partial charge in [-0.15, -0.1) is 0 Å². The first-order valence-electron chi connectivity index (χ1n) is 9.09. The normalized spacial score (nSPS) is 14.4. The highest BCUT2D eigenvalue weighted by atomic mass is 32.2. The molecule has 3 nitrogen and oxygen atoms in total. The molecule has 0 radical (unpaired) electrons. The molecular weight excluding hydrogens is 328 g/mol. The fourth-order valence-electron chi connectivity index (χ4n) is 3.08. The highest BCUT2D eigenvalue weighted by Gasteiger charge is 2.11. The molecule has 1 amide bonds. The topological polar surface area (TPSA) is 32.3 Å². The predicted molar refractivity (Wildman–Crippen MR) is 109 cm³/mol. The zero-order chi connectivity index (χ0) is 17.5. The number of anilines is 2. The molecular formula is C21H26N2OS. The fraction of sp³-hybridized carbons (Fsp3) is 0.381. The quantitative estimate of drug-likeness (QED) is 0.775. The Morgan fingerprint density at radius 2 is 1.68 bits per heavy atom. The zero-order valence-corrected chi connectivity index (χ0v) is 15.6. The minimum absolute atomic E-state index is 0.0552. The molecule has 0 bridgehead atoms. The van der Waals surface area contributed by atoms with E-state index in [0.717, 1.165) is 30.3 Å². The lowest BCUT2D eigenvalue weighted by molar-refractivity contribution is 0.102. The molecule has 0 atom stereocenters. The molecule has 0 saturated carbocycles. The Kier molecular flexibility index (Phi) is 6.40. The molecule has 0 unspecified atom stereocenters. The van der Waals surface area contributed by atoms with Crippen LogP contribution in [0.15, 0.2) is 48.5 Å². The molecule has 1 saturated heterocycles. The van der Waals surface area contributed by atoms with Crippen molar-refractivity contribution in [3.05, 3.63) is 59.7 Å². The van der Waals surface area contributed by atoms with Crippen LogP contribution < -0.4 is 10.2 Å². The lowest BCUT2D eigenvalue weighted by Crippen LogP contribution is -2.29. The second-order valence-corrected chi connectivity index (χ2v) is 7.66. The van der Waals surface area contributed by atoms with Crippen molar-refractivity contribution in [1.82, 2.24) is 0 Å². The second-order valence-electron chi connectivity index (χ2n) is 6.38. The molecule has 4 heteroatoms. The van der Waals surface area contributed by atoms with Crippen LogP contribution in [0.3, 0.4) is 0 Å². The zero-order valence-electron chi connectivity index (χ0n) is 14.8. The van der Waals surface area contributed by atoms with E-state index in [9.17, 15) is 4.79 Å². The molecule has 132 valence electrons. The first-order chi connectivity index (χ1) is 12.3. The van der Waals surface area contributed by atoms with Crippen LogP contribution in [-0.2, 0) is 5.75 Å². The summed E-state index contributed by atoms with van der Waals surface area (Å²) >= 11 is 1.89. The number of rotatable bonds is 6. The van der Waals surface area contributed by atoms with Crippen molar-refractivity contribution >= 4 is 29.0 Å². The van der Waals surface area contributed by atoms with Gasteiger partial charge >= 0.3 is 0 Å². The van der Waals surface area contributed by atoms with E-state index in [4.69, 9.17) is 0 Å². The smallest absolute Gasteiger partial charge is 0.255 e. The van der Waals surface area contributed by atoms with Crippen LogP contribution in [0.2, 0.25) is 0 Å². The summed E-state index contributed by atoms with van der Waals surface area (Å²) < 4.78 is 0. The summed E-state index contributed by atoms with van der Waals surface area (Å²) in [5.41, 5.74) is 4.05. The number of carbonyl (C=O) groups excluding carboxylic acids is 1. The van der Waals surface area contributed by atoms with Gasteiger partial charge in [0.2, 0.25) is 0 Å². The van der Waals surface area contributed by atoms with E-state index < -0.39 is 0 Å². The molecule has 2 aromatic carbocycles. The highest BCUT2D eigenvalue weighted by molar-refractivity contribution is 7.98. The van der Waals surface area contributed by atoms with E-state index in [1.54, 1.807) is 0 Å². The number of amides is 1. The van der Waals surface area contributed by atoms with Gasteiger partial charge < -0.3 is 10.2 Å². The standard InChI is InChI=1S/C21H26N2OS/c1-2-25-16-17-6-8-18(9-7-17)21(24)22-19-10-12-20(13-11-19)23-14-4-3-5-15-23/h6-13H,2-5,14-16H2,1H3,(H,22,24). The number of piperidine rings is 1. The van der Waals surface area contributed by atoms with Crippen molar-refractivity contribution in [2.24, 2.45) is 0 Å². The van der Waals surface area contributed by atoms with Gasteiger partial charge in [-0.05, 0) is 67.0 Å². The number of nitrogens with one attached hydrogen (secondary N) is 1. The molecule has 1 aliphatic heterocycles. The molecule has 0 aliphatic carbocycles. The molecule has 25 heavy (non-hydrogen) atoms. The Bertz CT molecular complexity index is 676. The Hall–Kier alpha value is -1.94. The van der Waals surface area contributed by atoms with Gasteiger partial charge in [-0.1, -0.05) is 19.1 Å². The third-order valence-electron chi connectivity index (χ3n) is 4.54. The molecule has 0 aromatic heterocycles. The Morgan fingerprint density at radius 1 is 1.00 bits per heavy atom. The van der Waals surface area contributed by atoms with Crippen LogP contribution in [0.5, 0.6) is 0 Å². The summed E-state index contributed by atoms with van der Waals surface area (Å²) in [7, 11) is 0. The first-order valence-corrected chi connectivity index (χ1v) is 10.2. The summed E-state index contributed by atoms with van der Waals surface area (Å²) in [4.78, 5) is 14.8. The van der Waals surface area contributed by atoms with Gasteiger partial charge in [-0.2, -0.15) is 11.8 Å². The lowest BCUT2D eigenvalue weighted by Gasteiger charge is -2.28. The molecule has 0 spiro atoms. The Morgan fingerprint density at radius 3 is 2.32 bits per heavy atom. The fourth-order valence-corrected chi connectivity index (χ4v) is 3.72. The van der Waals surface area contributed by atoms with Crippen LogP contribution in [0.1, 0.15) is 42.1 Å². The van der Waals surface area contributed by atoms with Crippen molar-refractivity contribution in [3.8, 4) is 0 Å². The Labute approximate surface area is 154 Å². The molecule has 2 aromatic rings. The van der Waals surface area contributed by atoms with Gasteiger partial charge in [0, 0.05) is 35.8 Å². The number of hydrogen-bond donors (Lipinski definition) is 1. The number of nitrogens with zero attached hydrogens (tertiary/aromatic N) is 1. The minimum Gasteiger partial charge on any atom is -0.372 e. The highest BCUT2D eigenvalue weighted by Crippen LogP contribution is 2.22. The summed E-state index contributed by atoms with van der Waals surface area (Å²) in [5.74, 6) is 2.05. The lowest BCUT2D eigenvalue weighted by atomic mass is 10.1. The molecule has 1 fully saturated rings. The maximum atomic E-state index is 12.4. The van der Waals surface area contributed by atoms with E-state index in [1.807, 2.05) is 48.2 Å². The third kappa shape index (κ3) is 5.02. The van der Waals surface area contributed by atoms with Crippen LogP contribution in [-0.4, -0.2) is 24.7 Å². The van der Waals surface area contributed by atoms with Crippen molar-refractivity contribution < 1.29 is 4.79 Å². The minimum atomic E-state index is -0.0552. The molecule has 1 N–H and O–H groups in total. The maximum absolute atomic E-state index is 12.4. The van der Waals surface area contributed by atoms with E-state index in [2.05, 4.69) is 29.3 Å². The third-order valence-corrected chi connectivity index (χ3v) is 5.48. The second kappa shape index (κ2) is 8.95. The number of carbonyl (C=O) groups is 1. The molecule has 1 heterocycles. The van der Waals surface area contributed by atoms with Gasteiger partial charge in [0.1, 0.15) is 0 Å². The Balaban J connectivity index is 1.58. The average molecular weight is 355 g/mol. The number of thioether (sulfide) groups is 1. The van der Waals surface area contributed by atoms with Gasteiger partial charge in [0.15, 0.2) is 0 Å². The van der Waals surface area contributed by atoms with E-state index in [0.29, 0.717) is 5.56 Å². The van der Waals surface area contributed by atoms with Crippen LogP contribution in [0.4, 0.5) is 11.4 Å². The van der Waals surface area contributed by atoms with Crippen molar-refractivity contribution in [2.75, 3.05) is 29.1 Å².